The fourth-order valence-corrected chi connectivity index (χ4v) is 4.08. The van der Waals surface area contributed by atoms with Crippen LogP contribution >= 0.6 is 11.6 Å². The molecule has 0 aromatic heterocycles. The predicted molar refractivity (Wildman–Crippen MR) is 107 cm³/mol. The van der Waals surface area contributed by atoms with Crippen LogP contribution in [0.3, 0.4) is 0 Å². The third kappa shape index (κ3) is 6.98. The first-order valence-corrected chi connectivity index (χ1v) is 11.0. The number of nitrogens with one attached hydrogen (secondary N) is 2. The van der Waals surface area contributed by atoms with Gasteiger partial charge in [0, 0.05) is 5.69 Å². The van der Waals surface area contributed by atoms with Gasteiger partial charge >= 0.3 is 12.4 Å². The third-order valence-electron chi connectivity index (χ3n) is 4.09. The number of hydrogen-bond acceptors (Lipinski definition) is 4. The normalized spacial score (nSPS) is 13.5. The van der Waals surface area contributed by atoms with Gasteiger partial charge in [-0.25, -0.2) is 8.42 Å². The number of halogens is 7. The van der Waals surface area contributed by atoms with Crippen molar-refractivity contribution in [1.29, 1.82) is 0 Å². The Morgan fingerprint density at radius 2 is 1.58 bits per heavy atom. The number of sulfonamides is 1. The number of rotatable bonds is 7. The van der Waals surface area contributed by atoms with E-state index in [0.29, 0.717) is 12.1 Å². The average Bonchev–Trinajstić information content (AvgIpc) is 2.67. The van der Waals surface area contributed by atoms with Crippen molar-refractivity contribution in [2.45, 2.75) is 37.1 Å². The van der Waals surface area contributed by atoms with Crippen LogP contribution in [0.1, 0.15) is 25.0 Å². The van der Waals surface area contributed by atoms with Crippen molar-refractivity contribution in [3.05, 3.63) is 52.5 Å². The summed E-state index contributed by atoms with van der Waals surface area (Å²) < 4.78 is 110. The summed E-state index contributed by atoms with van der Waals surface area (Å²) in [4.78, 5) is 12.0. The van der Waals surface area contributed by atoms with Gasteiger partial charge < -0.3 is 10.1 Å². The molecule has 0 fully saturated rings. The number of hydrogen-bond donors (Lipinski definition) is 2. The Labute approximate surface area is 189 Å². The van der Waals surface area contributed by atoms with Crippen LogP contribution in [0.25, 0.3) is 0 Å². The quantitative estimate of drug-likeness (QED) is 0.501. The number of anilines is 1. The van der Waals surface area contributed by atoms with E-state index in [2.05, 4.69) is 0 Å². The van der Waals surface area contributed by atoms with Gasteiger partial charge in [0.2, 0.25) is 15.9 Å². The topological polar surface area (TPSA) is 84.5 Å². The summed E-state index contributed by atoms with van der Waals surface area (Å²) in [6.07, 6.45) is -10.2. The molecule has 14 heteroatoms. The SMILES string of the molecule is CCOc1ccc(S(=O)(=O)NC(C)C(=O)Nc2cc(C(F)(F)F)cc(C(F)(F)F)c2)cc1Cl. The van der Waals surface area contributed by atoms with E-state index in [-0.39, 0.29) is 28.3 Å². The van der Waals surface area contributed by atoms with Crippen LogP contribution in [0.2, 0.25) is 5.02 Å². The van der Waals surface area contributed by atoms with Crippen molar-refractivity contribution in [3.63, 3.8) is 0 Å². The molecule has 0 saturated carbocycles. The standard InChI is InChI=1S/C19H17ClF6N2O4S/c1-3-32-16-5-4-14(9-15(16)20)33(30,31)28-10(2)17(29)27-13-7-11(18(21,22)23)6-12(8-13)19(24,25)26/h4-10,28H,3H2,1-2H3,(H,27,29). The van der Waals surface area contributed by atoms with Crippen LogP contribution in [-0.4, -0.2) is 27.0 Å². The van der Waals surface area contributed by atoms with Gasteiger partial charge in [-0.3, -0.25) is 4.79 Å². The van der Waals surface area contributed by atoms with Crippen LogP contribution in [0, 0.1) is 0 Å². The van der Waals surface area contributed by atoms with Crippen LogP contribution < -0.4 is 14.8 Å². The first kappa shape index (κ1) is 26.7. The predicted octanol–water partition coefficient (Wildman–Crippen LogP) is 5.08. The molecule has 1 unspecified atom stereocenters. The van der Waals surface area contributed by atoms with Crippen molar-refractivity contribution >= 4 is 33.2 Å². The molecule has 0 radical (unpaired) electrons. The number of benzene rings is 2. The molecule has 1 amide bonds. The Hall–Kier alpha value is -2.51. The highest BCUT2D eigenvalue weighted by molar-refractivity contribution is 7.89. The molecule has 2 rings (SSSR count). The number of ether oxygens (including phenoxy) is 1. The molecular weight excluding hydrogens is 502 g/mol. The van der Waals surface area contributed by atoms with Crippen LogP contribution in [0.4, 0.5) is 32.0 Å². The molecule has 1 atom stereocenters. The fourth-order valence-electron chi connectivity index (χ4n) is 2.55. The number of alkyl halides is 6. The highest BCUT2D eigenvalue weighted by Crippen LogP contribution is 2.37. The molecule has 0 aliphatic carbocycles. The molecule has 0 spiro atoms. The number of carbonyl (C=O) groups excluding carboxylic acids is 1. The zero-order valence-corrected chi connectivity index (χ0v) is 18.5. The van der Waals surface area contributed by atoms with Crippen molar-refractivity contribution in [1.82, 2.24) is 4.72 Å². The minimum absolute atomic E-state index is 0.0273. The summed E-state index contributed by atoms with van der Waals surface area (Å²) in [5, 5.41) is 1.84. The van der Waals surface area contributed by atoms with Crippen molar-refractivity contribution < 1.29 is 44.3 Å². The summed E-state index contributed by atoms with van der Waals surface area (Å²) in [7, 11) is -4.32. The first-order valence-electron chi connectivity index (χ1n) is 9.09. The number of amides is 1. The molecule has 2 aromatic carbocycles. The van der Waals surface area contributed by atoms with Crippen LogP contribution in [0.15, 0.2) is 41.3 Å². The van der Waals surface area contributed by atoms with Gasteiger partial charge in [0.15, 0.2) is 0 Å². The molecule has 6 nitrogen and oxygen atoms in total. The zero-order valence-electron chi connectivity index (χ0n) is 16.9. The van der Waals surface area contributed by atoms with E-state index < -0.39 is 51.1 Å². The molecule has 33 heavy (non-hydrogen) atoms. The van der Waals surface area contributed by atoms with E-state index >= 15 is 0 Å². The second kappa shape index (κ2) is 9.77. The van der Waals surface area contributed by atoms with Gasteiger partial charge in [0.05, 0.1) is 33.7 Å². The molecule has 0 heterocycles. The monoisotopic (exact) mass is 518 g/mol. The Bertz CT molecular complexity index is 1100. The summed E-state index contributed by atoms with van der Waals surface area (Å²) in [5.74, 6) is -0.975. The second-order valence-electron chi connectivity index (χ2n) is 6.65. The van der Waals surface area contributed by atoms with E-state index in [0.717, 1.165) is 19.1 Å². The maximum atomic E-state index is 13.0. The zero-order chi connectivity index (χ0) is 25.2. The van der Waals surface area contributed by atoms with Crippen molar-refractivity contribution in [2.75, 3.05) is 11.9 Å². The Morgan fingerprint density at radius 1 is 1.03 bits per heavy atom. The lowest BCUT2D eigenvalue weighted by atomic mass is 10.1. The molecule has 182 valence electrons. The maximum absolute atomic E-state index is 13.0. The molecule has 2 aromatic rings. The van der Waals surface area contributed by atoms with Crippen LogP contribution in [-0.2, 0) is 27.2 Å². The fraction of sp³-hybridized carbons (Fsp3) is 0.316. The Morgan fingerprint density at radius 3 is 2.03 bits per heavy atom. The molecular formula is C19H17ClF6N2O4S. The van der Waals surface area contributed by atoms with Crippen LogP contribution in [0.5, 0.6) is 5.75 Å². The van der Waals surface area contributed by atoms with Gasteiger partial charge in [-0.1, -0.05) is 11.6 Å². The minimum atomic E-state index is -5.11. The van der Waals surface area contributed by atoms with Gasteiger partial charge in [0.25, 0.3) is 0 Å². The summed E-state index contributed by atoms with van der Waals surface area (Å²) in [6.45, 7) is 3.01. The molecule has 0 aliphatic heterocycles. The van der Waals surface area contributed by atoms with E-state index in [1.807, 2.05) is 10.0 Å². The molecule has 0 saturated heterocycles. The highest BCUT2D eigenvalue weighted by atomic mass is 35.5. The lowest BCUT2D eigenvalue weighted by Gasteiger charge is -2.17. The van der Waals surface area contributed by atoms with E-state index in [1.54, 1.807) is 6.92 Å². The molecule has 2 N–H and O–H groups in total. The smallest absolute Gasteiger partial charge is 0.416 e. The van der Waals surface area contributed by atoms with E-state index in [9.17, 15) is 39.6 Å². The Balaban J connectivity index is 2.24. The highest BCUT2D eigenvalue weighted by Gasteiger charge is 2.37. The maximum Gasteiger partial charge on any atom is 0.416 e. The van der Waals surface area contributed by atoms with E-state index in [4.69, 9.17) is 16.3 Å². The third-order valence-corrected chi connectivity index (χ3v) is 5.93. The summed E-state index contributed by atoms with van der Waals surface area (Å²) in [5.41, 5.74) is -4.08. The first-order chi connectivity index (χ1) is 15.0. The molecule has 0 bridgehead atoms. The minimum Gasteiger partial charge on any atom is -0.492 e. The number of carbonyl (C=O) groups is 1. The molecule has 0 aliphatic rings. The van der Waals surface area contributed by atoms with Gasteiger partial charge in [-0.2, -0.15) is 31.1 Å². The lowest BCUT2D eigenvalue weighted by Crippen LogP contribution is -2.41. The average molecular weight is 519 g/mol. The van der Waals surface area contributed by atoms with Gasteiger partial charge in [0.1, 0.15) is 5.75 Å². The second-order valence-corrected chi connectivity index (χ2v) is 8.77. The largest absolute Gasteiger partial charge is 0.492 e. The van der Waals surface area contributed by atoms with E-state index in [1.165, 1.54) is 6.07 Å². The van der Waals surface area contributed by atoms with Crippen molar-refractivity contribution in [3.8, 4) is 5.75 Å². The lowest BCUT2D eigenvalue weighted by molar-refractivity contribution is -0.143. The van der Waals surface area contributed by atoms with Crippen molar-refractivity contribution in [2.24, 2.45) is 0 Å². The van der Waals surface area contributed by atoms with Gasteiger partial charge in [-0.05, 0) is 50.2 Å². The summed E-state index contributed by atoms with van der Waals surface area (Å²) >= 11 is 5.94. The Kier molecular flexibility index (Phi) is 7.92. The summed E-state index contributed by atoms with van der Waals surface area (Å²) in [6, 6.07) is 2.43. The van der Waals surface area contributed by atoms with Gasteiger partial charge in [-0.15, -0.1) is 0 Å².